The van der Waals surface area contributed by atoms with Crippen LogP contribution >= 0.6 is 0 Å². The molecule has 1 heterocycles. The van der Waals surface area contributed by atoms with Crippen LogP contribution in [0.25, 0.3) is 10.9 Å². The van der Waals surface area contributed by atoms with Gasteiger partial charge in [0.1, 0.15) is 12.4 Å². The Morgan fingerprint density at radius 3 is 2.60 bits per heavy atom. The van der Waals surface area contributed by atoms with E-state index in [9.17, 15) is 14.8 Å². The molecule has 2 atom stereocenters. The van der Waals surface area contributed by atoms with E-state index in [4.69, 9.17) is 4.74 Å². The second-order valence-electron chi connectivity index (χ2n) is 8.78. The van der Waals surface area contributed by atoms with Crippen LogP contribution in [0.2, 0.25) is 0 Å². The van der Waals surface area contributed by atoms with E-state index in [1.807, 2.05) is 73.7 Å². The zero-order chi connectivity index (χ0) is 24.4. The maximum Gasteiger partial charge on any atom is 0.247 e. The van der Waals surface area contributed by atoms with Crippen LogP contribution in [0.4, 0.5) is 5.69 Å². The average molecular weight is 468 g/mol. The highest BCUT2D eigenvalue weighted by atomic mass is 16.5. The highest BCUT2D eigenvalue weighted by molar-refractivity contribution is 6.07. The van der Waals surface area contributed by atoms with Crippen molar-refractivity contribution in [2.24, 2.45) is 5.92 Å². The van der Waals surface area contributed by atoms with Gasteiger partial charge in [0.15, 0.2) is 0 Å². The van der Waals surface area contributed by atoms with Gasteiger partial charge in [0.05, 0.1) is 16.8 Å². The van der Waals surface area contributed by atoms with Crippen molar-refractivity contribution in [1.29, 1.82) is 0 Å². The highest BCUT2D eigenvalue weighted by Crippen LogP contribution is 2.55. The second kappa shape index (κ2) is 9.19. The summed E-state index contributed by atoms with van der Waals surface area (Å²) in [6.07, 6.45) is 0.287. The number of nitrogens with zero attached hydrogens (tertiary/aromatic N) is 1. The molecule has 7 nitrogen and oxygen atoms in total. The molecule has 0 spiro atoms. The number of ether oxygens (including phenoxy) is 1. The monoisotopic (exact) mass is 467 g/mol. The zero-order valence-electron chi connectivity index (χ0n) is 19.2. The highest BCUT2D eigenvalue weighted by Gasteiger charge is 2.64. The Morgan fingerprint density at radius 1 is 1.03 bits per heavy atom. The summed E-state index contributed by atoms with van der Waals surface area (Å²) in [4.78, 5) is 30.3. The number of nitrogens with one attached hydrogen (secondary N) is 2. The third kappa shape index (κ3) is 4.34. The van der Waals surface area contributed by atoms with Crippen LogP contribution in [0, 0.1) is 12.8 Å². The van der Waals surface area contributed by atoms with Gasteiger partial charge in [-0.05, 0) is 55.3 Å². The predicted octanol–water partition coefficient (Wildman–Crippen LogP) is 4.52. The number of fused-ring (bicyclic) bond motifs is 1. The lowest BCUT2D eigenvalue weighted by Gasteiger charge is -2.19. The minimum absolute atomic E-state index is 0.287. The SMILES string of the molecule is Cc1cc(COc2cccc(C3(C(=O)Nc4ccccc4)CC3C(=O)NO)c2)c2ccccc2n1. The van der Waals surface area contributed by atoms with E-state index in [1.165, 1.54) is 0 Å². The number of carbonyl (C=O) groups is 2. The molecule has 0 saturated heterocycles. The Balaban J connectivity index is 1.42. The van der Waals surface area contributed by atoms with Gasteiger partial charge >= 0.3 is 0 Å². The first kappa shape index (κ1) is 22.6. The van der Waals surface area contributed by atoms with Crippen molar-refractivity contribution in [3.05, 3.63) is 102 Å². The Kier molecular flexibility index (Phi) is 5.93. The lowest BCUT2D eigenvalue weighted by Crippen LogP contribution is -2.34. The summed E-state index contributed by atoms with van der Waals surface area (Å²) in [5.74, 6) is -0.982. The molecular weight excluding hydrogens is 442 g/mol. The number of benzene rings is 3. The summed E-state index contributed by atoms with van der Waals surface area (Å²) in [6.45, 7) is 2.28. The van der Waals surface area contributed by atoms with Crippen LogP contribution in [0.5, 0.6) is 5.75 Å². The molecule has 176 valence electrons. The molecule has 35 heavy (non-hydrogen) atoms. The molecule has 3 N–H and O–H groups in total. The normalized spacial score (nSPS) is 18.6. The third-order valence-electron chi connectivity index (χ3n) is 6.50. The van der Waals surface area contributed by atoms with Gasteiger partial charge in [0.25, 0.3) is 0 Å². The Hall–Kier alpha value is -4.23. The van der Waals surface area contributed by atoms with Crippen molar-refractivity contribution in [1.82, 2.24) is 10.5 Å². The number of hydroxylamine groups is 1. The Morgan fingerprint density at radius 2 is 1.80 bits per heavy atom. The topological polar surface area (TPSA) is 101 Å². The first-order valence-electron chi connectivity index (χ1n) is 11.4. The minimum Gasteiger partial charge on any atom is -0.489 e. The van der Waals surface area contributed by atoms with Gasteiger partial charge in [0.2, 0.25) is 11.8 Å². The number of carbonyl (C=O) groups excluding carboxylic acids is 2. The first-order chi connectivity index (χ1) is 17.0. The minimum atomic E-state index is -1.10. The van der Waals surface area contributed by atoms with E-state index >= 15 is 0 Å². The Bertz CT molecular complexity index is 1410. The fraction of sp³-hybridized carbons (Fsp3) is 0.179. The molecular formula is C28H25N3O4. The van der Waals surface area contributed by atoms with Crippen molar-refractivity contribution in [2.45, 2.75) is 25.4 Å². The lowest BCUT2D eigenvalue weighted by atomic mass is 9.91. The standard InChI is InChI=1S/C28H25N3O4/c1-18-14-19(23-12-5-6-13-25(23)29-18)17-35-22-11-7-8-20(15-22)28(16-24(28)26(32)31-34)27(33)30-21-9-3-2-4-10-21/h2-15,24,34H,16-17H2,1H3,(H,30,33)(H,31,32). The summed E-state index contributed by atoms with van der Waals surface area (Å²) < 4.78 is 6.13. The number of hydrogen-bond acceptors (Lipinski definition) is 5. The molecule has 4 aromatic rings. The lowest BCUT2D eigenvalue weighted by molar-refractivity contribution is -0.132. The van der Waals surface area contributed by atoms with Gasteiger partial charge in [-0.1, -0.05) is 48.5 Å². The maximum atomic E-state index is 13.4. The molecule has 1 aromatic heterocycles. The molecule has 1 aliphatic carbocycles. The summed E-state index contributed by atoms with van der Waals surface area (Å²) >= 11 is 0. The Labute approximate surface area is 202 Å². The van der Waals surface area contributed by atoms with E-state index in [2.05, 4.69) is 10.3 Å². The van der Waals surface area contributed by atoms with Crippen molar-refractivity contribution < 1.29 is 19.5 Å². The summed E-state index contributed by atoms with van der Waals surface area (Å²) in [7, 11) is 0. The molecule has 0 bridgehead atoms. The molecule has 0 radical (unpaired) electrons. The molecule has 2 amide bonds. The largest absolute Gasteiger partial charge is 0.489 e. The number of hydrogen-bond donors (Lipinski definition) is 3. The zero-order valence-corrected chi connectivity index (χ0v) is 19.2. The molecule has 3 aromatic carbocycles. The van der Waals surface area contributed by atoms with Crippen LogP contribution < -0.4 is 15.5 Å². The number of anilines is 1. The second-order valence-corrected chi connectivity index (χ2v) is 8.78. The van der Waals surface area contributed by atoms with Crippen LogP contribution in [-0.2, 0) is 21.6 Å². The van der Waals surface area contributed by atoms with Crippen LogP contribution in [0.3, 0.4) is 0 Å². The van der Waals surface area contributed by atoms with Gasteiger partial charge in [-0.25, -0.2) is 5.48 Å². The first-order valence-corrected chi connectivity index (χ1v) is 11.4. The fourth-order valence-electron chi connectivity index (χ4n) is 4.66. The van der Waals surface area contributed by atoms with Gasteiger partial charge in [-0.2, -0.15) is 0 Å². The molecule has 1 saturated carbocycles. The van der Waals surface area contributed by atoms with Gasteiger partial charge in [-0.15, -0.1) is 0 Å². The smallest absolute Gasteiger partial charge is 0.247 e. The third-order valence-corrected chi connectivity index (χ3v) is 6.50. The number of aryl methyl sites for hydroxylation is 1. The van der Waals surface area contributed by atoms with Crippen molar-refractivity contribution in [3.8, 4) is 5.75 Å². The molecule has 1 fully saturated rings. The van der Waals surface area contributed by atoms with Gasteiger partial charge in [-0.3, -0.25) is 19.8 Å². The van der Waals surface area contributed by atoms with E-state index in [0.29, 0.717) is 23.6 Å². The number of amides is 2. The summed E-state index contributed by atoms with van der Waals surface area (Å²) in [5, 5.41) is 13.1. The fourth-order valence-corrected chi connectivity index (χ4v) is 4.66. The van der Waals surface area contributed by atoms with E-state index in [-0.39, 0.29) is 12.3 Å². The van der Waals surface area contributed by atoms with Gasteiger partial charge < -0.3 is 10.1 Å². The van der Waals surface area contributed by atoms with Crippen LogP contribution in [-0.4, -0.2) is 22.0 Å². The van der Waals surface area contributed by atoms with Crippen molar-refractivity contribution in [3.63, 3.8) is 0 Å². The molecule has 1 aliphatic rings. The maximum absolute atomic E-state index is 13.4. The van der Waals surface area contributed by atoms with Gasteiger partial charge in [0, 0.05) is 22.3 Å². The van der Waals surface area contributed by atoms with E-state index in [0.717, 1.165) is 22.2 Å². The number of aromatic nitrogens is 1. The molecule has 7 heteroatoms. The summed E-state index contributed by atoms with van der Waals surface area (Å²) in [6, 6.07) is 26.3. The average Bonchev–Trinajstić information content (AvgIpc) is 3.65. The van der Waals surface area contributed by atoms with E-state index in [1.54, 1.807) is 23.7 Å². The number of rotatable bonds is 7. The number of para-hydroxylation sites is 2. The van der Waals surface area contributed by atoms with E-state index < -0.39 is 17.2 Å². The van der Waals surface area contributed by atoms with Crippen molar-refractivity contribution in [2.75, 3.05) is 5.32 Å². The number of pyridine rings is 1. The summed E-state index contributed by atoms with van der Waals surface area (Å²) in [5.41, 5.74) is 4.73. The van der Waals surface area contributed by atoms with Crippen LogP contribution in [0.15, 0.2) is 84.9 Å². The predicted molar refractivity (Wildman–Crippen MR) is 132 cm³/mol. The molecule has 0 aliphatic heterocycles. The quantitative estimate of drug-likeness (QED) is 0.274. The molecule has 5 rings (SSSR count). The van der Waals surface area contributed by atoms with Crippen LogP contribution in [0.1, 0.15) is 23.2 Å². The van der Waals surface area contributed by atoms with Crippen molar-refractivity contribution >= 4 is 28.4 Å². The molecule has 2 unspecified atom stereocenters.